The molecule has 4 rings (SSSR count). The van der Waals surface area contributed by atoms with E-state index in [1.807, 2.05) is 0 Å². The third-order valence-electron chi connectivity index (χ3n) is 7.47. The van der Waals surface area contributed by atoms with Crippen LogP contribution in [0.3, 0.4) is 0 Å². The zero-order chi connectivity index (χ0) is 24.6. The number of ether oxygens (including phenoxy) is 3. The molecular weight excluding hydrogens is 432 g/mol. The molecule has 0 atom stereocenters. The highest BCUT2D eigenvalue weighted by atomic mass is 16.5. The third kappa shape index (κ3) is 6.96. The van der Waals surface area contributed by atoms with E-state index >= 15 is 0 Å². The van der Waals surface area contributed by atoms with E-state index in [4.69, 9.17) is 14.2 Å². The maximum absolute atomic E-state index is 6.55. The van der Waals surface area contributed by atoms with Gasteiger partial charge in [0, 0.05) is 24.0 Å². The van der Waals surface area contributed by atoms with E-state index in [-0.39, 0.29) is 0 Å². The molecule has 0 saturated carbocycles. The van der Waals surface area contributed by atoms with E-state index in [9.17, 15) is 0 Å². The lowest BCUT2D eigenvalue weighted by molar-refractivity contribution is 0.352. The van der Waals surface area contributed by atoms with Gasteiger partial charge in [0.15, 0.2) is 0 Å². The largest absolute Gasteiger partial charge is 0.493 e. The fourth-order valence-electron chi connectivity index (χ4n) is 5.45. The molecule has 2 aliphatic rings. The lowest BCUT2D eigenvalue weighted by Gasteiger charge is -2.16. The van der Waals surface area contributed by atoms with E-state index in [0.717, 1.165) is 73.7 Å². The van der Waals surface area contributed by atoms with Crippen LogP contribution in [0.25, 0.3) is 0 Å². The summed E-state index contributed by atoms with van der Waals surface area (Å²) in [4.78, 5) is 0. The summed E-state index contributed by atoms with van der Waals surface area (Å²) in [6.45, 7) is 10.7. The summed E-state index contributed by atoms with van der Waals surface area (Å²) >= 11 is 0. The van der Waals surface area contributed by atoms with Gasteiger partial charge in [0.1, 0.15) is 23.0 Å². The highest BCUT2D eigenvalue weighted by Gasteiger charge is 2.25. The number of unbranched alkanes of at least 4 members (excludes halogenated alkanes) is 4. The maximum atomic E-state index is 6.55. The van der Waals surface area contributed by atoms with Crippen LogP contribution in [0.15, 0.2) is 24.3 Å². The molecule has 0 bridgehead atoms. The molecule has 0 saturated heterocycles. The first-order valence-electron chi connectivity index (χ1n) is 14.3. The Kier molecular flexibility index (Phi) is 9.40. The standard InChI is InChI=1S/C32H46O3/c1-23(2)11-7-5-9-13-25-15-17-29(27-19-21-33-31(25)27)35-30-18-16-26(32-28(30)20-22-34-32)14-10-6-8-12-24(3)4/h15-18,23-24H,5-14,19-22H2,1-4H3. The second-order valence-corrected chi connectivity index (χ2v) is 11.3. The third-order valence-corrected chi connectivity index (χ3v) is 7.47. The molecule has 2 heterocycles. The highest BCUT2D eigenvalue weighted by Crippen LogP contribution is 2.43. The lowest BCUT2D eigenvalue weighted by atomic mass is 9.99. The molecule has 0 spiro atoms. The van der Waals surface area contributed by atoms with Gasteiger partial charge in [-0.3, -0.25) is 0 Å². The summed E-state index contributed by atoms with van der Waals surface area (Å²) < 4.78 is 18.7. The fraction of sp³-hybridized carbons (Fsp3) is 0.625. The van der Waals surface area contributed by atoms with Crippen LogP contribution in [0.1, 0.15) is 101 Å². The van der Waals surface area contributed by atoms with Gasteiger partial charge in [-0.1, -0.05) is 78.4 Å². The Morgan fingerprint density at radius 1 is 0.629 bits per heavy atom. The van der Waals surface area contributed by atoms with Crippen LogP contribution in [0, 0.1) is 11.8 Å². The summed E-state index contributed by atoms with van der Waals surface area (Å²) in [5.41, 5.74) is 5.17. The van der Waals surface area contributed by atoms with Gasteiger partial charge in [-0.25, -0.2) is 0 Å². The molecule has 35 heavy (non-hydrogen) atoms. The normalized spacial score (nSPS) is 14.2. The summed E-state index contributed by atoms with van der Waals surface area (Å²) in [6, 6.07) is 8.79. The molecule has 192 valence electrons. The number of fused-ring (bicyclic) bond motifs is 2. The van der Waals surface area contributed by atoms with E-state index in [0.29, 0.717) is 0 Å². The van der Waals surface area contributed by atoms with Gasteiger partial charge in [0.2, 0.25) is 0 Å². The van der Waals surface area contributed by atoms with Crippen molar-refractivity contribution in [3.63, 3.8) is 0 Å². The maximum Gasteiger partial charge on any atom is 0.134 e. The Balaban J connectivity index is 1.40. The minimum Gasteiger partial charge on any atom is -0.493 e. The zero-order valence-corrected chi connectivity index (χ0v) is 22.6. The first-order valence-corrected chi connectivity index (χ1v) is 14.3. The SMILES string of the molecule is CC(C)CCCCCc1ccc(Oc2ccc(CCCCCC(C)C)c3c2CCO3)c2c1OCC2. The molecular formula is C32H46O3. The van der Waals surface area contributed by atoms with Crippen LogP contribution < -0.4 is 14.2 Å². The van der Waals surface area contributed by atoms with Gasteiger partial charge in [-0.05, 0) is 60.8 Å². The summed E-state index contributed by atoms with van der Waals surface area (Å²) in [7, 11) is 0. The van der Waals surface area contributed by atoms with Crippen molar-refractivity contribution in [2.75, 3.05) is 13.2 Å². The van der Waals surface area contributed by atoms with Crippen molar-refractivity contribution >= 4 is 0 Å². The Bertz CT molecular complexity index is 882. The molecule has 0 radical (unpaired) electrons. The van der Waals surface area contributed by atoms with Crippen LogP contribution >= 0.6 is 0 Å². The Hall–Kier alpha value is -2.16. The van der Waals surface area contributed by atoms with Crippen molar-refractivity contribution in [1.82, 2.24) is 0 Å². The topological polar surface area (TPSA) is 27.7 Å². The summed E-state index contributed by atoms with van der Waals surface area (Å²) in [6.07, 6.45) is 14.4. The van der Waals surface area contributed by atoms with E-state index in [2.05, 4.69) is 52.0 Å². The molecule has 0 fully saturated rings. The zero-order valence-electron chi connectivity index (χ0n) is 22.6. The predicted molar refractivity (Wildman–Crippen MR) is 145 cm³/mol. The van der Waals surface area contributed by atoms with Gasteiger partial charge in [-0.15, -0.1) is 0 Å². The molecule has 0 aliphatic carbocycles. The molecule has 0 amide bonds. The van der Waals surface area contributed by atoms with Crippen molar-refractivity contribution < 1.29 is 14.2 Å². The molecule has 2 aromatic carbocycles. The first-order chi connectivity index (χ1) is 17.0. The summed E-state index contributed by atoms with van der Waals surface area (Å²) in [5, 5.41) is 0. The smallest absolute Gasteiger partial charge is 0.134 e. The number of rotatable bonds is 14. The highest BCUT2D eigenvalue weighted by molar-refractivity contribution is 5.57. The van der Waals surface area contributed by atoms with Gasteiger partial charge in [0.25, 0.3) is 0 Å². The van der Waals surface area contributed by atoms with Crippen LogP contribution in [0.2, 0.25) is 0 Å². The van der Waals surface area contributed by atoms with Gasteiger partial charge in [0.05, 0.1) is 13.2 Å². The molecule has 2 aromatic rings. The van der Waals surface area contributed by atoms with Crippen LogP contribution in [0.4, 0.5) is 0 Å². The number of hydrogen-bond donors (Lipinski definition) is 0. The molecule has 2 aliphatic heterocycles. The first kappa shape index (κ1) is 25.9. The average molecular weight is 479 g/mol. The lowest BCUT2D eigenvalue weighted by Crippen LogP contribution is -1.97. The fourth-order valence-corrected chi connectivity index (χ4v) is 5.45. The molecule has 0 aromatic heterocycles. The van der Waals surface area contributed by atoms with Gasteiger partial charge >= 0.3 is 0 Å². The van der Waals surface area contributed by atoms with Gasteiger partial charge < -0.3 is 14.2 Å². The number of aryl methyl sites for hydroxylation is 2. The number of hydrogen-bond acceptors (Lipinski definition) is 3. The Morgan fingerprint density at radius 3 is 1.51 bits per heavy atom. The minimum atomic E-state index is 0.757. The monoisotopic (exact) mass is 478 g/mol. The van der Waals surface area contributed by atoms with Crippen molar-refractivity contribution in [2.45, 2.75) is 105 Å². The number of benzene rings is 2. The second-order valence-electron chi connectivity index (χ2n) is 11.3. The Labute approximate surface area is 213 Å². The van der Waals surface area contributed by atoms with Crippen molar-refractivity contribution in [3.05, 3.63) is 46.5 Å². The average Bonchev–Trinajstić information content (AvgIpc) is 3.51. The quantitative estimate of drug-likeness (QED) is 0.254. The van der Waals surface area contributed by atoms with Crippen molar-refractivity contribution in [3.8, 4) is 23.0 Å². The second kappa shape index (κ2) is 12.7. The minimum absolute atomic E-state index is 0.757. The van der Waals surface area contributed by atoms with Crippen LogP contribution in [-0.4, -0.2) is 13.2 Å². The molecule has 0 N–H and O–H groups in total. The van der Waals surface area contributed by atoms with E-state index in [1.54, 1.807) is 0 Å². The van der Waals surface area contributed by atoms with Crippen LogP contribution in [-0.2, 0) is 25.7 Å². The van der Waals surface area contributed by atoms with Gasteiger partial charge in [-0.2, -0.15) is 0 Å². The van der Waals surface area contributed by atoms with Crippen LogP contribution in [0.5, 0.6) is 23.0 Å². The molecule has 3 heteroatoms. The van der Waals surface area contributed by atoms with Crippen molar-refractivity contribution in [2.24, 2.45) is 11.8 Å². The van der Waals surface area contributed by atoms with E-state index < -0.39 is 0 Å². The predicted octanol–water partition coefficient (Wildman–Crippen LogP) is 8.87. The Morgan fingerprint density at radius 2 is 1.09 bits per heavy atom. The van der Waals surface area contributed by atoms with E-state index in [1.165, 1.54) is 73.6 Å². The van der Waals surface area contributed by atoms with Crippen molar-refractivity contribution in [1.29, 1.82) is 0 Å². The molecule has 0 unspecified atom stereocenters. The molecule has 3 nitrogen and oxygen atoms in total. The summed E-state index contributed by atoms with van der Waals surface area (Å²) in [5.74, 6) is 5.67.